The average Bonchev–Trinajstić information content (AvgIpc) is 3.11. The number of aryl methyl sites for hydroxylation is 1. The van der Waals surface area contributed by atoms with Gasteiger partial charge in [0.05, 0.1) is 12.3 Å². The summed E-state index contributed by atoms with van der Waals surface area (Å²) in [6.07, 6.45) is 5.48. The van der Waals surface area contributed by atoms with Crippen LogP contribution >= 0.6 is 11.3 Å². The predicted octanol–water partition coefficient (Wildman–Crippen LogP) is 3.50. The number of esters is 1. The maximum atomic E-state index is 12.1. The molecule has 1 aromatic heterocycles. The lowest BCUT2D eigenvalue weighted by Crippen LogP contribution is -2.34. The molecule has 5 heteroatoms. The lowest BCUT2D eigenvalue weighted by atomic mass is 10.1. The molecule has 21 heavy (non-hydrogen) atoms. The van der Waals surface area contributed by atoms with Gasteiger partial charge in [0.15, 0.2) is 5.13 Å². The van der Waals surface area contributed by atoms with Crippen LogP contribution in [0.15, 0.2) is 0 Å². The van der Waals surface area contributed by atoms with Gasteiger partial charge >= 0.3 is 5.97 Å². The molecule has 1 saturated heterocycles. The zero-order chi connectivity index (χ0) is 15.0. The molecule has 4 nitrogen and oxygen atoms in total. The van der Waals surface area contributed by atoms with E-state index in [1.165, 1.54) is 17.7 Å². The maximum Gasteiger partial charge on any atom is 0.315 e. The van der Waals surface area contributed by atoms with E-state index < -0.39 is 0 Å². The number of fused-ring (bicyclic) bond motifs is 1. The second kappa shape index (κ2) is 5.95. The van der Waals surface area contributed by atoms with Gasteiger partial charge in [-0.3, -0.25) is 4.79 Å². The summed E-state index contributed by atoms with van der Waals surface area (Å²) in [6, 6.07) is 1.16. The van der Waals surface area contributed by atoms with Gasteiger partial charge in [-0.1, -0.05) is 6.92 Å². The highest BCUT2D eigenvalue weighted by atomic mass is 32.1. The number of anilines is 1. The van der Waals surface area contributed by atoms with Crippen LogP contribution < -0.4 is 4.90 Å². The predicted molar refractivity (Wildman–Crippen MR) is 85.1 cm³/mol. The minimum Gasteiger partial charge on any atom is -0.465 e. The Morgan fingerprint density at radius 1 is 1.38 bits per heavy atom. The van der Waals surface area contributed by atoms with Gasteiger partial charge in [-0.05, 0) is 46.0 Å². The molecule has 0 spiro atoms. The van der Waals surface area contributed by atoms with Crippen molar-refractivity contribution in [2.24, 2.45) is 0 Å². The molecule has 1 aliphatic carbocycles. The molecule has 3 rings (SSSR count). The Hall–Kier alpha value is -1.10. The third-order valence-electron chi connectivity index (χ3n) is 4.76. The molecular formula is C16H24N2O2S. The van der Waals surface area contributed by atoms with E-state index in [1.807, 2.05) is 6.92 Å². The Bertz CT molecular complexity index is 528. The van der Waals surface area contributed by atoms with Crippen molar-refractivity contribution in [3.05, 3.63) is 10.6 Å². The van der Waals surface area contributed by atoms with Crippen LogP contribution in [0.5, 0.6) is 0 Å². The van der Waals surface area contributed by atoms with E-state index in [9.17, 15) is 4.79 Å². The average molecular weight is 308 g/mol. The first kappa shape index (κ1) is 14.8. The molecule has 3 unspecified atom stereocenters. The number of nitrogens with zero attached hydrogens (tertiary/aromatic N) is 2. The molecule has 0 N–H and O–H groups in total. The first-order valence-corrected chi connectivity index (χ1v) is 8.91. The Morgan fingerprint density at radius 2 is 2.19 bits per heavy atom. The monoisotopic (exact) mass is 308 g/mol. The Morgan fingerprint density at radius 3 is 2.90 bits per heavy atom. The fourth-order valence-corrected chi connectivity index (χ4v) is 4.93. The number of rotatable bonds is 4. The number of carbonyl (C=O) groups excluding carboxylic acids is 1. The molecule has 1 fully saturated rings. The van der Waals surface area contributed by atoms with Gasteiger partial charge in [-0.2, -0.15) is 0 Å². The molecule has 2 aliphatic rings. The molecular weight excluding hydrogens is 284 g/mol. The largest absolute Gasteiger partial charge is 0.465 e. The lowest BCUT2D eigenvalue weighted by Gasteiger charge is -2.27. The van der Waals surface area contributed by atoms with Crippen molar-refractivity contribution in [1.29, 1.82) is 0 Å². The molecule has 3 atom stereocenters. The highest BCUT2D eigenvalue weighted by Crippen LogP contribution is 2.43. The van der Waals surface area contributed by atoms with Crippen LogP contribution in [-0.2, 0) is 16.0 Å². The number of hydrogen-bond donors (Lipinski definition) is 0. The summed E-state index contributed by atoms with van der Waals surface area (Å²) < 4.78 is 5.19. The minimum absolute atomic E-state index is 0.102. The zero-order valence-corrected chi connectivity index (χ0v) is 13.9. The standard InChI is InChI=1S/C16H24N2O2S/c1-4-11-7-6-10(3)18(11)16-17-14-12(15(19)20-5-2)8-9-13(14)21-16/h10-12H,4-9H2,1-3H3. The normalized spacial score (nSPS) is 28.0. The third kappa shape index (κ3) is 2.56. The topological polar surface area (TPSA) is 42.4 Å². The number of carbonyl (C=O) groups is 1. The van der Waals surface area contributed by atoms with Crippen molar-refractivity contribution in [2.75, 3.05) is 11.5 Å². The first-order valence-electron chi connectivity index (χ1n) is 8.10. The van der Waals surface area contributed by atoms with Gasteiger partial charge in [0.2, 0.25) is 0 Å². The second-order valence-electron chi connectivity index (χ2n) is 6.04. The van der Waals surface area contributed by atoms with Gasteiger partial charge in [-0.15, -0.1) is 11.3 Å². The summed E-state index contributed by atoms with van der Waals surface area (Å²) in [5.74, 6) is -0.238. The Labute approximate surface area is 130 Å². The zero-order valence-electron chi connectivity index (χ0n) is 13.1. The Kier molecular flexibility index (Phi) is 4.20. The smallest absolute Gasteiger partial charge is 0.315 e. The van der Waals surface area contributed by atoms with Crippen molar-refractivity contribution in [2.45, 2.75) is 70.9 Å². The third-order valence-corrected chi connectivity index (χ3v) is 5.90. The molecule has 0 aromatic carbocycles. The van der Waals surface area contributed by atoms with Crippen LogP contribution in [0.25, 0.3) is 0 Å². The van der Waals surface area contributed by atoms with Crippen LogP contribution in [0.4, 0.5) is 5.13 Å². The van der Waals surface area contributed by atoms with Crippen LogP contribution in [0.2, 0.25) is 0 Å². The van der Waals surface area contributed by atoms with E-state index in [0.717, 1.165) is 30.1 Å². The van der Waals surface area contributed by atoms with E-state index >= 15 is 0 Å². The number of ether oxygens (including phenoxy) is 1. The van der Waals surface area contributed by atoms with E-state index in [1.54, 1.807) is 11.3 Å². The van der Waals surface area contributed by atoms with Crippen molar-refractivity contribution in [3.63, 3.8) is 0 Å². The van der Waals surface area contributed by atoms with Crippen LogP contribution in [-0.4, -0.2) is 29.6 Å². The second-order valence-corrected chi connectivity index (χ2v) is 7.11. The summed E-state index contributed by atoms with van der Waals surface area (Å²) in [4.78, 5) is 20.7. The molecule has 1 aliphatic heterocycles. The fraction of sp³-hybridized carbons (Fsp3) is 0.750. The highest BCUT2D eigenvalue weighted by Gasteiger charge is 2.37. The van der Waals surface area contributed by atoms with Gasteiger partial charge < -0.3 is 9.64 Å². The molecule has 0 saturated carbocycles. The van der Waals surface area contributed by atoms with Crippen molar-refractivity contribution >= 4 is 22.4 Å². The van der Waals surface area contributed by atoms with Gasteiger partial charge in [0.25, 0.3) is 0 Å². The van der Waals surface area contributed by atoms with Crippen LogP contribution in [0, 0.1) is 0 Å². The lowest BCUT2D eigenvalue weighted by molar-refractivity contribution is -0.145. The van der Waals surface area contributed by atoms with Gasteiger partial charge in [-0.25, -0.2) is 4.98 Å². The molecule has 0 radical (unpaired) electrons. The van der Waals surface area contributed by atoms with Crippen molar-refractivity contribution in [1.82, 2.24) is 4.98 Å². The van der Waals surface area contributed by atoms with Gasteiger partial charge in [0.1, 0.15) is 5.92 Å². The summed E-state index contributed by atoms with van der Waals surface area (Å²) >= 11 is 1.79. The van der Waals surface area contributed by atoms with E-state index in [4.69, 9.17) is 9.72 Å². The summed E-state index contributed by atoms with van der Waals surface area (Å²) in [7, 11) is 0. The maximum absolute atomic E-state index is 12.1. The van der Waals surface area contributed by atoms with Crippen LogP contribution in [0.3, 0.4) is 0 Å². The molecule has 0 bridgehead atoms. The molecule has 2 heterocycles. The van der Waals surface area contributed by atoms with E-state index in [2.05, 4.69) is 18.7 Å². The quantitative estimate of drug-likeness (QED) is 0.798. The van der Waals surface area contributed by atoms with Crippen LogP contribution in [0.1, 0.15) is 62.9 Å². The number of thiazole rings is 1. The first-order chi connectivity index (χ1) is 10.2. The minimum atomic E-state index is -0.136. The number of hydrogen-bond acceptors (Lipinski definition) is 5. The van der Waals surface area contributed by atoms with Crippen molar-refractivity contribution < 1.29 is 9.53 Å². The fourth-order valence-electron chi connectivity index (χ4n) is 3.61. The SMILES string of the molecule is CCOC(=O)C1CCc2sc(N3C(C)CCC3CC)nc21. The van der Waals surface area contributed by atoms with Gasteiger partial charge in [0, 0.05) is 17.0 Å². The van der Waals surface area contributed by atoms with E-state index in [-0.39, 0.29) is 11.9 Å². The molecule has 116 valence electrons. The summed E-state index contributed by atoms with van der Waals surface area (Å²) in [5.41, 5.74) is 0.988. The summed E-state index contributed by atoms with van der Waals surface area (Å²) in [6.45, 7) is 6.84. The Balaban J connectivity index is 1.84. The highest BCUT2D eigenvalue weighted by molar-refractivity contribution is 7.15. The molecule has 0 amide bonds. The van der Waals surface area contributed by atoms with Crippen molar-refractivity contribution in [3.8, 4) is 0 Å². The summed E-state index contributed by atoms with van der Waals surface area (Å²) in [5, 5.41) is 1.12. The van der Waals surface area contributed by atoms with E-state index in [0.29, 0.717) is 18.7 Å². The number of aromatic nitrogens is 1. The molecule has 1 aromatic rings.